The second-order valence-electron chi connectivity index (χ2n) is 4.71. The average molecular weight is 291 g/mol. The van der Waals surface area contributed by atoms with E-state index in [1.165, 1.54) is 0 Å². The predicted molar refractivity (Wildman–Crippen MR) is 76.6 cm³/mol. The minimum Gasteiger partial charge on any atom is -0.338 e. The molecule has 0 aliphatic carbocycles. The molecule has 0 aromatic carbocycles. The van der Waals surface area contributed by atoms with Crippen LogP contribution in [0.3, 0.4) is 0 Å². The molecular formula is C13H15ClN6. The minimum atomic E-state index is 0.566. The Labute approximate surface area is 122 Å². The Morgan fingerprint density at radius 2 is 1.60 bits per heavy atom. The fraction of sp³-hybridized carbons (Fsp3) is 0.385. The second-order valence-corrected chi connectivity index (χ2v) is 5.15. The van der Waals surface area contributed by atoms with E-state index >= 15 is 0 Å². The summed E-state index contributed by atoms with van der Waals surface area (Å²) in [5, 5.41) is 0.566. The number of hydrogen-bond donors (Lipinski definition) is 0. The van der Waals surface area contributed by atoms with Crippen LogP contribution in [0.15, 0.2) is 31.1 Å². The predicted octanol–water partition coefficient (Wildman–Crippen LogP) is 1.24. The molecule has 1 aliphatic heterocycles. The Kier molecular flexibility index (Phi) is 4.03. The van der Waals surface area contributed by atoms with Gasteiger partial charge in [0.15, 0.2) is 0 Å². The van der Waals surface area contributed by atoms with Crippen molar-refractivity contribution in [2.24, 2.45) is 0 Å². The molecule has 0 radical (unpaired) electrons. The van der Waals surface area contributed by atoms with Gasteiger partial charge in [0.2, 0.25) is 5.95 Å². The molecule has 3 rings (SSSR count). The molecule has 6 nitrogen and oxygen atoms in total. The standard InChI is InChI=1S/C13H15ClN6/c14-12-7-17-13(18-8-12)20-3-1-19(2-4-20)9-11-5-15-10-16-6-11/h5-8,10H,1-4,9H2. The van der Waals surface area contributed by atoms with Gasteiger partial charge < -0.3 is 4.90 Å². The molecule has 2 aromatic heterocycles. The lowest BCUT2D eigenvalue weighted by Gasteiger charge is -2.34. The summed E-state index contributed by atoms with van der Waals surface area (Å²) in [4.78, 5) is 21.1. The lowest BCUT2D eigenvalue weighted by atomic mass is 10.2. The normalized spacial score (nSPS) is 16.4. The van der Waals surface area contributed by atoms with Crippen molar-refractivity contribution in [2.75, 3.05) is 31.1 Å². The molecule has 7 heteroatoms. The Hall–Kier alpha value is -1.79. The third kappa shape index (κ3) is 3.20. The second kappa shape index (κ2) is 6.11. The first-order valence-corrected chi connectivity index (χ1v) is 6.88. The van der Waals surface area contributed by atoms with E-state index in [4.69, 9.17) is 11.6 Å². The molecule has 1 aliphatic rings. The molecular weight excluding hydrogens is 276 g/mol. The van der Waals surface area contributed by atoms with Crippen LogP contribution in [-0.2, 0) is 6.54 Å². The van der Waals surface area contributed by atoms with Gasteiger partial charge >= 0.3 is 0 Å². The minimum absolute atomic E-state index is 0.566. The molecule has 0 amide bonds. The van der Waals surface area contributed by atoms with Crippen molar-refractivity contribution >= 4 is 17.5 Å². The maximum Gasteiger partial charge on any atom is 0.225 e. The molecule has 20 heavy (non-hydrogen) atoms. The molecule has 0 N–H and O–H groups in total. The summed E-state index contributed by atoms with van der Waals surface area (Å²) in [5.41, 5.74) is 1.14. The third-order valence-corrected chi connectivity index (χ3v) is 3.48. The first-order chi connectivity index (χ1) is 9.81. The smallest absolute Gasteiger partial charge is 0.225 e. The molecule has 1 saturated heterocycles. The lowest BCUT2D eigenvalue weighted by molar-refractivity contribution is 0.248. The van der Waals surface area contributed by atoms with Crippen molar-refractivity contribution in [1.82, 2.24) is 24.8 Å². The number of rotatable bonds is 3. The summed E-state index contributed by atoms with van der Waals surface area (Å²) < 4.78 is 0. The highest BCUT2D eigenvalue weighted by atomic mass is 35.5. The first-order valence-electron chi connectivity index (χ1n) is 6.50. The largest absolute Gasteiger partial charge is 0.338 e. The number of aromatic nitrogens is 4. The fourth-order valence-electron chi connectivity index (χ4n) is 2.24. The van der Waals surface area contributed by atoms with Gasteiger partial charge in [-0.05, 0) is 0 Å². The van der Waals surface area contributed by atoms with Crippen LogP contribution in [0.2, 0.25) is 5.02 Å². The van der Waals surface area contributed by atoms with Crippen LogP contribution in [-0.4, -0.2) is 51.0 Å². The zero-order chi connectivity index (χ0) is 13.8. The number of nitrogens with zero attached hydrogens (tertiary/aromatic N) is 6. The fourth-order valence-corrected chi connectivity index (χ4v) is 2.34. The Balaban J connectivity index is 1.55. The van der Waals surface area contributed by atoms with Gasteiger partial charge in [-0.25, -0.2) is 19.9 Å². The van der Waals surface area contributed by atoms with Crippen molar-refractivity contribution in [3.63, 3.8) is 0 Å². The monoisotopic (exact) mass is 290 g/mol. The van der Waals surface area contributed by atoms with Crippen molar-refractivity contribution < 1.29 is 0 Å². The van der Waals surface area contributed by atoms with Crippen LogP contribution in [0.25, 0.3) is 0 Å². The highest BCUT2D eigenvalue weighted by molar-refractivity contribution is 6.30. The van der Waals surface area contributed by atoms with Gasteiger partial charge in [0.1, 0.15) is 6.33 Å². The van der Waals surface area contributed by atoms with E-state index in [1.54, 1.807) is 18.7 Å². The van der Waals surface area contributed by atoms with Crippen molar-refractivity contribution in [1.29, 1.82) is 0 Å². The van der Waals surface area contributed by atoms with Gasteiger partial charge in [0.25, 0.3) is 0 Å². The summed E-state index contributed by atoms with van der Waals surface area (Å²) in [6, 6.07) is 0. The number of piperazine rings is 1. The molecule has 0 atom stereocenters. The summed E-state index contributed by atoms with van der Waals surface area (Å²) in [7, 11) is 0. The Bertz CT molecular complexity index is 539. The molecule has 0 saturated carbocycles. The van der Waals surface area contributed by atoms with Crippen molar-refractivity contribution in [3.8, 4) is 0 Å². The average Bonchev–Trinajstić information content (AvgIpc) is 2.50. The van der Waals surface area contributed by atoms with Gasteiger partial charge in [-0.1, -0.05) is 11.6 Å². The topological polar surface area (TPSA) is 58.0 Å². The number of halogens is 1. The van der Waals surface area contributed by atoms with E-state index in [1.807, 2.05) is 12.4 Å². The van der Waals surface area contributed by atoms with E-state index < -0.39 is 0 Å². The third-order valence-electron chi connectivity index (χ3n) is 3.28. The summed E-state index contributed by atoms with van der Waals surface area (Å²) in [5.74, 6) is 0.747. The number of anilines is 1. The van der Waals surface area contributed by atoms with E-state index in [9.17, 15) is 0 Å². The van der Waals surface area contributed by atoms with Gasteiger partial charge in [-0.2, -0.15) is 0 Å². The molecule has 0 spiro atoms. The van der Waals surface area contributed by atoms with Crippen LogP contribution in [0, 0.1) is 0 Å². The van der Waals surface area contributed by atoms with E-state index in [-0.39, 0.29) is 0 Å². The highest BCUT2D eigenvalue weighted by Crippen LogP contribution is 2.13. The Morgan fingerprint density at radius 3 is 2.25 bits per heavy atom. The molecule has 1 fully saturated rings. The van der Waals surface area contributed by atoms with Gasteiger partial charge in [0, 0.05) is 50.7 Å². The molecule has 2 aromatic rings. The number of hydrogen-bond acceptors (Lipinski definition) is 6. The van der Waals surface area contributed by atoms with Gasteiger partial charge in [-0.15, -0.1) is 0 Å². The zero-order valence-electron chi connectivity index (χ0n) is 11.0. The molecule has 104 valence electrons. The van der Waals surface area contributed by atoms with Crippen LogP contribution >= 0.6 is 11.6 Å². The lowest BCUT2D eigenvalue weighted by Crippen LogP contribution is -2.46. The zero-order valence-corrected chi connectivity index (χ0v) is 11.7. The van der Waals surface area contributed by atoms with Gasteiger partial charge in [0.05, 0.1) is 17.4 Å². The summed E-state index contributed by atoms with van der Waals surface area (Å²) >= 11 is 5.80. The van der Waals surface area contributed by atoms with E-state index in [0.717, 1.165) is 44.2 Å². The molecule has 0 unspecified atom stereocenters. The molecule has 0 bridgehead atoms. The Morgan fingerprint density at radius 1 is 0.950 bits per heavy atom. The summed E-state index contributed by atoms with van der Waals surface area (Å²) in [6.45, 7) is 4.66. The van der Waals surface area contributed by atoms with E-state index in [2.05, 4.69) is 29.7 Å². The van der Waals surface area contributed by atoms with Crippen molar-refractivity contribution in [3.05, 3.63) is 41.7 Å². The SMILES string of the molecule is Clc1cnc(N2CCN(Cc3cncnc3)CC2)nc1. The molecule has 3 heterocycles. The maximum atomic E-state index is 5.80. The maximum absolute atomic E-state index is 5.80. The van der Waals surface area contributed by atoms with E-state index in [0.29, 0.717) is 5.02 Å². The van der Waals surface area contributed by atoms with Crippen LogP contribution in [0.1, 0.15) is 5.56 Å². The quantitative estimate of drug-likeness (QED) is 0.848. The van der Waals surface area contributed by atoms with Crippen LogP contribution in [0.4, 0.5) is 5.95 Å². The summed E-state index contributed by atoms with van der Waals surface area (Å²) in [6.07, 6.45) is 8.55. The van der Waals surface area contributed by atoms with Crippen molar-refractivity contribution in [2.45, 2.75) is 6.54 Å². The van der Waals surface area contributed by atoms with Crippen LogP contribution < -0.4 is 4.90 Å². The van der Waals surface area contributed by atoms with Gasteiger partial charge in [-0.3, -0.25) is 4.90 Å². The highest BCUT2D eigenvalue weighted by Gasteiger charge is 2.18. The first kappa shape index (κ1) is 13.2. The van der Waals surface area contributed by atoms with Crippen LogP contribution in [0.5, 0.6) is 0 Å².